The highest BCUT2D eigenvalue weighted by atomic mass is 35.5. The van der Waals surface area contributed by atoms with Crippen molar-refractivity contribution in [3.63, 3.8) is 0 Å². The molecular formula is C38H38Cl2O7. The highest BCUT2D eigenvalue weighted by Gasteiger charge is 2.26. The number of hydrogen-bond acceptors (Lipinski definition) is 7. The second-order valence-corrected chi connectivity index (χ2v) is 11.1. The summed E-state index contributed by atoms with van der Waals surface area (Å²) in [5.74, 6) is 1.94. The maximum absolute atomic E-state index is 12.7. The topological polar surface area (TPSA) is 88.1 Å². The molecule has 0 N–H and O–H groups in total. The first-order valence-electron chi connectivity index (χ1n) is 14.9. The van der Waals surface area contributed by atoms with Gasteiger partial charge in [0, 0.05) is 29.0 Å². The third-order valence-electron chi connectivity index (χ3n) is 7.27. The van der Waals surface area contributed by atoms with Crippen molar-refractivity contribution in [2.75, 3.05) is 28.4 Å². The maximum atomic E-state index is 12.7. The Labute approximate surface area is 286 Å². The van der Waals surface area contributed by atoms with Crippen molar-refractivity contribution >= 4 is 46.6 Å². The van der Waals surface area contributed by atoms with Crippen molar-refractivity contribution in [3.05, 3.63) is 123 Å². The minimum atomic E-state index is -0.567. The van der Waals surface area contributed by atoms with E-state index < -0.39 is 5.92 Å². The molecule has 7 nitrogen and oxygen atoms in total. The molecule has 0 spiro atoms. The second kappa shape index (κ2) is 18.5. The molecule has 1 atom stereocenters. The van der Waals surface area contributed by atoms with Gasteiger partial charge < -0.3 is 18.9 Å². The zero-order valence-electron chi connectivity index (χ0n) is 27.0. The van der Waals surface area contributed by atoms with Gasteiger partial charge in [0.05, 0.1) is 39.4 Å². The number of carbonyl (C=O) groups excluding carboxylic acids is 3. The van der Waals surface area contributed by atoms with Gasteiger partial charge in [0.2, 0.25) is 0 Å². The van der Waals surface area contributed by atoms with E-state index in [-0.39, 0.29) is 23.8 Å². The van der Waals surface area contributed by atoms with E-state index in [1.54, 1.807) is 119 Å². The monoisotopic (exact) mass is 676 g/mol. The van der Waals surface area contributed by atoms with E-state index in [2.05, 4.69) is 0 Å². The minimum Gasteiger partial charge on any atom is -0.497 e. The molecule has 0 aliphatic rings. The van der Waals surface area contributed by atoms with Gasteiger partial charge in [-0.1, -0.05) is 36.2 Å². The molecule has 0 fully saturated rings. The van der Waals surface area contributed by atoms with Gasteiger partial charge in [-0.3, -0.25) is 14.4 Å². The summed E-state index contributed by atoms with van der Waals surface area (Å²) in [6.45, 7) is 1.94. The Morgan fingerprint density at radius 2 is 1.15 bits per heavy atom. The van der Waals surface area contributed by atoms with Crippen LogP contribution in [0.1, 0.15) is 63.9 Å². The number of rotatable bonds is 14. The van der Waals surface area contributed by atoms with Crippen molar-refractivity contribution in [1.82, 2.24) is 0 Å². The van der Waals surface area contributed by atoms with E-state index in [4.69, 9.17) is 42.1 Å². The van der Waals surface area contributed by atoms with E-state index >= 15 is 0 Å². The fourth-order valence-electron chi connectivity index (χ4n) is 4.60. The largest absolute Gasteiger partial charge is 0.497 e. The van der Waals surface area contributed by atoms with Crippen LogP contribution < -0.4 is 18.9 Å². The first-order chi connectivity index (χ1) is 22.6. The molecule has 0 bridgehead atoms. The molecule has 0 saturated carbocycles. The standard InChI is InChI=1S/C21H23ClO4.C17H15ClO3/c1-4-5-20(23)18(17-11-10-16(26-3)12-19(17)22)13-21(24)14-6-8-15(25-2)9-7-14;1-20-14-7-4-13(5-8-14)17(19)10-6-12-3-9-15(21-2)11-16(12)18/h6-12,18H,4-5,13H2,1-3H3;3-11H,1-2H3. The zero-order chi connectivity index (χ0) is 34.3. The van der Waals surface area contributed by atoms with Gasteiger partial charge in [0.15, 0.2) is 11.6 Å². The van der Waals surface area contributed by atoms with E-state index in [1.165, 1.54) is 6.08 Å². The van der Waals surface area contributed by atoms with Crippen LogP contribution in [-0.4, -0.2) is 45.8 Å². The van der Waals surface area contributed by atoms with E-state index in [9.17, 15) is 14.4 Å². The number of halogens is 2. The summed E-state index contributed by atoms with van der Waals surface area (Å²) >= 11 is 12.5. The molecule has 0 amide bonds. The zero-order valence-corrected chi connectivity index (χ0v) is 28.6. The van der Waals surface area contributed by atoms with Gasteiger partial charge in [-0.25, -0.2) is 0 Å². The van der Waals surface area contributed by atoms with Gasteiger partial charge in [0.25, 0.3) is 0 Å². The molecule has 0 aliphatic heterocycles. The molecule has 0 heterocycles. The molecule has 246 valence electrons. The Balaban J connectivity index is 0.000000261. The number of hydrogen-bond donors (Lipinski definition) is 0. The molecule has 4 rings (SSSR count). The van der Waals surface area contributed by atoms with Crippen molar-refractivity contribution in [2.45, 2.75) is 32.1 Å². The summed E-state index contributed by atoms with van der Waals surface area (Å²) in [7, 11) is 6.29. The highest BCUT2D eigenvalue weighted by Crippen LogP contribution is 2.33. The fraction of sp³-hybridized carbons (Fsp3) is 0.237. The first-order valence-corrected chi connectivity index (χ1v) is 15.6. The first kappa shape index (κ1) is 36.9. The van der Waals surface area contributed by atoms with E-state index in [0.29, 0.717) is 56.2 Å². The van der Waals surface area contributed by atoms with Crippen LogP contribution in [0.5, 0.6) is 23.0 Å². The normalized spacial score (nSPS) is 11.2. The summed E-state index contributed by atoms with van der Waals surface area (Å²) in [6, 6.07) is 24.3. The average molecular weight is 678 g/mol. The van der Waals surface area contributed by atoms with Crippen molar-refractivity contribution in [3.8, 4) is 23.0 Å². The van der Waals surface area contributed by atoms with Gasteiger partial charge >= 0.3 is 0 Å². The molecule has 0 saturated heterocycles. The summed E-state index contributed by atoms with van der Waals surface area (Å²) in [4.78, 5) is 37.4. The van der Waals surface area contributed by atoms with Crippen LogP contribution in [-0.2, 0) is 4.79 Å². The summed E-state index contributed by atoms with van der Waals surface area (Å²) < 4.78 is 20.4. The van der Waals surface area contributed by atoms with Gasteiger partial charge in [-0.15, -0.1) is 0 Å². The van der Waals surface area contributed by atoms with E-state index in [0.717, 1.165) is 12.0 Å². The summed E-state index contributed by atoms with van der Waals surface area (Å²) in [5.41, 5.74) is 2.56. The molecule has 0 radical (unpaired) electrons. The molecular weight excluding hydrogens is 639 g/mol. The number of methoxy groups -OCH3 is 4. The number of ketones is 3. The Kier molecular flexibility index (Phi) is 14.5. The second-order valence-electron chi connectivity index (χ2n) is 10.3. The number of allylic oxidation sites excluding steroid dienone is 1. The lowest BCUT2D eigenvalue weighted by Crippen LogP contribution is -2.17. The number of ether oxygens (including phenoxy) is 4. The number of Topliss-reactive ketones (excluding diaryl/α,β-unsaturated/α-hetero) is 2. The van der Waals surface area contributed by atoms with Crippen molar-refractivity contribution in [1.29, 1.82) is 0 Å². The predicted molar refractivity (Wildman–Crippen MR) is 187 cm³/mol. The highest BCUT2D eigenvalue weighted by molar-refractivity contribution is 6.32. The van der Waals surface area contributed by atoms with Crippen LogP contribution in [0.3, 0.4) is 0 Å². The minimum absolute atomic E-state index is 0.0152. The number of benzene rings is 4. The summed E-state index contributed by atoms with van der Waals surface area (Å²) in [5, 5.41) is 0.967. The third-order valence-corrected chi connectivity index (χ3v) is 7.92. The van der Waals surface area contributed by atoms with Crippen LogP contribution in [0.25, 0.3) is 6.08 Å². The molecule has 9 heteroatoms. The van der Waals surface area contributed by atoms with Gasteiger partial charge in [-0.05, 0) is 109 Å². The lowest BCUT2D eigenvalue weighted by molar-refractivity contribution is -0.120. The molecule has 47 heavy (non-hydrogen) atoms. The predicted octanol–water partition coefficient (Wildman–Crippen LogP) is 9.34. The third kappa shape index (κ3) is 10.7. The average Bonchev–Trinajstić information content (AvgIpc) is 3.10. The molecule has 4 aromatic carbocycles. The summed E-state index contributed by atoms with van der Waals surface area (Å²) in [6.07, 6.45) is 4.39. The smallest absolute Gasteiger partial charge is 0.185 e. The fourth-order valence-corrected chi connectivity index (χ4v) is 5.14. The Morgan fingerprint density at radius 3 is 1.64 bits per heavy atom. The van der Waals surface area contributed by atoms with Crippen LogP contribution in [0.2, 0.25) is 10.0 Å². The lowest BCUT2D eigenvalue weighted by Gasteiger charge is -2.18. The number of carbonyl (C=O) groups is 3. The molecule has 1 unspecified atom stereocenters. The van der Waals surface area contributed by atoms with E-state index in [1.807, 2.05) is 6.92 Å². The SMILES string of the molecule is CCCC(=O)C(CC(=O)c1ccc(OC)cc1)c1ccc(OC)cc1Cl.COc1ccc(C(=O)C=Cc2ccc(OC)cc2Cl)cc1. The van der Waals surface area contributed by atoms with Crippen LogP contribution in [0.15, 0.2) is 91.0 Å². The van der Waals surface area contributed by atoms with Gasteiger partial charge in [-0.2, -0.15) is 0 Å². The van der Waals surface area contributed by atoms with Crippen molar-refractivity contribution in [2.24, 2.45) is 0 Å². The van der Waals surface area contributed by atoms with Crippen LogP contribution in [0, 0.1) is 0 Å². The van der Waals surface area contributed by atoms with Crippen LogP contribution >= 0.6 is 23.2 Å². The Morgan fingerprint density at radius 1 is 0.660 bits per heavy atom. The quantitative estimate of drug-likeness (QED) is 0.0971. The van der Waals surface area contributed by atoms with Crippen LogP contribution in [0.4, 0.5) is 0 Å². The Bertz CT molecular complexity index is 1680. The van der Waals surface area contributed by atoms with Gasteiger partial charge in [0.1, 0.15) is 28.8 Å². The Hall–Kier alpha value is -4.59. The molecule has 0 aliphatic carbocycles. The van der Waals surface area contributed by atoms with Crippen molar-refractivity contribution < 1.29 is 33.3 Å². The maximum Gasteiger partial charge on any atom is 0.185 e. The molecule has 4 aromatic rings. The molecule has 0 aromatic heterocycles. The lowest BCUT2D eigenvalue weighted by atomic mass is 9.86.